The summed E-state index contributed by atoms with van der Waals surface area (Å²) in [5.41, 5.74) is -1.18. The van der Waals surface area contributed by atoms with E-state index in [1.54, 1.807) is 6.92 Å². The molecule has 0 amide bonds. The fraction of sp³-hybridized carbons (Fsp3) is 0.500. The molecule has 6 nitrogen and oxygen atoms in total. The zero-order valence-corrected chi connectivity index (χ0v) is 10.1. The van der Waals surface area contributed by atoms with E-state index in [0.29, 0.717) is 5.56 Å². The third-order valence-electron chi connectivity index (χ3n) is 2.72. The quantitative estimate of drug-likeness (QED) is 0.624. The number of ether oxygens (including phenoxy) is 2. The van der Waals surface area contributed by atoms with Crippen LogP contribution in [0.1, 0.15) is 24.6 Å². The van der Waals surface area contributed by atoms with Crippen molar-refractivity contribution in [3.63, 3.8) is 0 Å². The minimum Gasteiger partial charge on any atom is -0.481 e. The zero-order valence-electron chi connectivity index (χ0n) is 9.36. The maximum Gasteiger partial charge on any atom is 0.344 e. The molecule has 0 saturated carbocycles. The van der Waals surface area contributed by atoms with Crippen LogP contribution in [0.15, 0.2) is 0 Å². The highest BCUT2D eigenvalue weighted by Crippen LogP contribution is 2.36. The minimum absolute atomic E-state index is 0.0309. The molecule has 1 aliphatic heterocycles. The lowest BCUT2D eigenvalue weighted by Crippen LogP contribution is -2.42. The lowest BCUT2D eigenvalue weighted by molar-refractivity contribution is -0.172. The van der Waals surface area contributed by atoms with Crippen LogP contribution in [-0.2, 0) is 21.7 Å². The molecule has 0 unspecified atom stereocenters. The molecule has 17 heavy (non-hydrogen) atoms. The van der Waals surface area contributed by atoms with Crippen molar-refractivity contribution in [2.45, 2.75) is 25.6 Å². The van der Waals surface area contributed by atoms with Gasteiger partial charge in [0.05, 0.1) is 18.4 Å². The van der Waals surface area contributed by atoms with Gasteiger partial charge in [-0.1, -0.05) is 6.92 Å². The summed E-state index contributed by atoms with van der Waals surface area (Å²) in [5.74, 6) is -0.524. The highest BCUT2D eigenvalue weighted by Gasteiger charge is 2.46. The van der Waals surface area contributed by atoms with Gasteiger partial charge in [0.25, 0.3) is 0 Å². The van der Waals surface area contributed by atoms with Gasteiger partial charge >= 0.3 is 5.97 Å². The van der Waals surface area contributed by atoms with Gasteiger partial charge in [-0.15, -0.1) is 0 Å². The van der Waals surface area contributed by atoms with Crippen LogP contribution in [0.5, 0.6) is 5.88 Å². The second kappa shape index (κ2) is 4.12. The number of halogens is 1. The number of cyclic esters (lactones) is 1. The summed E-state index contributed by atoms with van der Waals surface area (Å²) >= 11 is 5.73. The van der Waals surface area contributed by atoms with Crippen molar-refractivity contribution in [2.75, 3.05) is 7.11 Å². The molecule has 0 radical (unpaired) electrons. The molecular weight excluding hydrogens is 248 g/mol. The van der Waals surface area contributed by atoms with E-state index >= 15 is 0 Å². The fourth-order valence-electron chi connectivity index (χ4n) is 1.74. The number of rotatable bonds is 2. The van der Waals surface area contributed by atoms with Gasteiger partial charge in [0.15, 0.2) is 0 Å². The standard InChI is InChI=1S/C10H11ClN2O4/c1-3-10(15)6-5(4-17-8(10)14)7(16-2)13-9(11)12-6/h15H,3-4H2,1-2H3/t10-/m0/s1. The number of esters is 1. The topological polar surface area (TPSA) is 81.5 Å². The Morgan fingerprint density at radius 2 is 2.29 bits per heavy atom. The Labute approximate surface area is 103 Å². The molecule has 0 fully saturated rings. The Hall–Kier alpha value is -1.40. The van der Waals surface area contributed by atoms with Crippen molar-refractivity contribution in [3.8, 4) is 5.88 Å². The van der Waals surface area contributed by atoms with E-state index in [0.717, 1.165) is 0 Å². The van der Waals surface area contributed by atoms with Gasteiger partial charge < -0.3 is 14.6 Å². The Morgan fingerprint density at radius 1 is 1.59 bits per heavy atom. The van der Waals surface area contributed by atoms with Crippen molar-refractivity contribution in [1.82, 2.24) is 9.97 Å². The van der Waals surface area contributed by atoms with Gasteiger partial charge in [-0.2, -0.15) is 4.98 Å². The Morgan fingerprint density at radius 3 is 2.88 bits per heavy atom. The van der Waals surface area contributed by atoms with Gasteiger partial charge in [0.1, 0.15) is 6.61 Å². The van der Waals surface area contributed by atoms with Gasteiger partial charge in [-0.05, 0) is 18.0 Å². The zero-order chi connectivity index (χ0) is 12.6. The minimum atomic E-state index is -1.78. The summed E-state index contributed by atoms with van der Waals surface area (Å²) in [6.07, 6.45) is 0.134. The third-order valence-corrected chi connectivity index (χ3v) is 2.89. The monoisotopic (exact) mass is 258 g/mol. The number of aromatic nitrogens is 2. The van der Waals surface area contributed by atoms with Crippen LogP contribution in [0.2, 0.25) is 5.28 Å². The second-order valence-corrected chi connectivity index (χ2v) is 3.96. The first kappa shape index (κ1) is 12.1. The average Bonchev–Trinajstić information content (AvgIpc) is 2.33. The molecule has 0 bridgehead atoms. The van der Waals surface area contributed by atoms with Gasteiger partial charge in [-0.25, -0.2) is 9.78 Å². The summed E-state index contributed by atoms with van der Waals surface area (Å²) in [6, 6.07) is 0. The van der Waals surface area contributed by atoms with E-state index in [1.165, 1.54) is 7.11 Å². The molecule has 1 atom stereocenters. The third kappa shape index (κ3) is 1.73. The number of methoxy groups -OCH3 is 1. The van der Waals surface area contributed by atoms with Gasteiger partial charge in [0, 0.05) is 0 Å². The molecule has 2 heterocycles. The normalized spacial score (nSPS) is 22.9. The van der Waals surface area contributed by atoms with Crippen molar-refractivity contribution < 1.29 is 19.4 Å². The predicted octanol–water partition coefficient (Wildman–Crippen LogP) is 0.793. The van der Waals surface area contributed by atoms with Crippen LogP contribution in [0.25, 0.3) is 0 Å². The first-order valence-corrected chi connectivity index (χ1v) is 5.41. The highest BCUT2D eigenvalue weighted by molar-refractivity contribution is 6.28. The van der Waals surface area contributed by atoms with Crippen LogP contribution >= 0.6 is 11.6 Å². The van der Waals surface area contributed by atoms with Crippen LogP contribution in [0.3, 0.4) is 0 Å². The van der Waals surface area contributed by atoms with Crippen LogP contribution in [0, 0.1) is 0 Å². The molecule has 2 rings (SSSR count). The molecular formula is C10H11ClN2O4. The summed E-state index contributed by atoms with van der Waals surface area (Å²) in [4.78, 5) is 19.4. The molecule has 1 N–H and O–H groups in total. The van der Waals surface area contributed by atoms with Crippen molar-refractivity contribution in [2.24, 2.45) is 0 Å². The predicted molar refractivity (Wildman–Crippen MR) is 57.6 cm³/mol. The van der Waals surface area contributed by atoms with Crippen molar-refractivity contribution in [1.29, 1.82) is 0 Å². The summed E-state index contributed by atoms with van der Waals surface area (Å²) in [6.45, 7) is 1.62. The fourth-order valence-corrected chi connectivity index (χ4v) is 1.91. The average molecular weight is 259 g/mol. The molecule has 0 aromatic carbocycles. The van der Waals surface area contributed by atoms with E-state index in [2.05, 4.69) is 9.97 Å². The summed E-state index contributed by atoms with van der Waals surface area (Å²) < 4.78 is 9.93. The maximum atomic E-state index is 11.6. The molecule has 1 aromatic heterocycles. The van der Waals surface area contributed by atoms with Crippen molar-refractivity contribution >= 4 is 17.6 Å². The van der Waals surface area contributed by atoms with E-state index in [4.69, 9.17) is 21.1 Å². The van der Waals surface area contributed by atoms with Gasteiger partial charge in [0.2, 0.25) is 16.8 Å². The van der Waals surface area contributed by atoms with E-state index in [-0.39, 0.29) is 29.9 Å². The Bertz CT molecular complexity index is 480. The molecule has 0 saturated heterocycles. The van der Waals surface area contributed by atoms with E-state index in [9.17, 15) is 9.90 Å². The lowest BCUT2D eigenvalue weighted by Gasteiger charge is -2.30. The van der Waals surface area contributed by atoms with Crippen LogP contribution < -0.4 is 4.74 Å². The molecule has 0 aliphatic carbocycles. The van der Waals surface area contributed by atoms with E-state index < -0.39 is 11.6 Å². The first-order valence-electron chi connectivity index (χ1n) is 5.03. The SMILES string of the molecule is CC[C@@]1(O)C(=O)OCc2c(OC)nc(Cl)nc21. The number of carbonyl (C=O) groups excluding carboxylic acids is 1. The number of aliphatic hydroxyl groups is 1. The second-order valence-electron chi connectivity index (χ2n) is 3.62. The van der Waals surface area contributed by atoms with Gasteiger partial charge in [-0.3, -0.25) is 0 Å². The molecule has 1 aliphatic rings. The Balaban J connectivity index is 2.68. The number of hydrogen-bond acceptors (Lipinski definition) is 6. The molecule has 0 spiro atoms. The summed E-state index contributed by atoms with van der Waals surface area (Å²) in [7, 11) is 1.42. The van der Waals surface area contributed by atoms with Crippen LogP contribution in [-0.4, -0.2) is 28.2 Å². The Kier molecular flexibility index (Phi) is 2.92. The smallest absolute Gasteiger partial charge is 0.344 e. The largest absolute Gasteiger partial charge is 0.481 e. The number of hydrogen-bond donors (Lipinski definition) is 1. The molecule has 92 valence electrons. The maximum absolute atomic E-state index is 11.6. The first-order chi connectivity index (χ1) is 8.02. The lowest BCUT2D eigenvalue weighted by atomic mass is 9.91. The number of carbonyl (C=O) groups is 1. The highest BCUT2D eigenvalue weighted by atomic mass is 35.5. The molecule has 7 heteroatoms. The number of fused-ring (bicyclic) bond motifs is 1. The van der Waals surface area contributed by atoms with Crippen molar-refractivity contribution in [3.05, 3.63) is 16.5 Å². The van der Waals surface area contributed by atoms with E-state index in [1.807, 2.05) is 0 Å². The van der Waals surface area contributed by atoms with Crippen LogP contribution in [0.4, 0.5) is 0 Å². The molecule has 1 aromatic rings. The number of nitrogens with zero attached hydrogens (tertiary/aromatic N) is 2. The summed E-state index contributed by atoms with van der Waals surface area (Å²) in [5, 5.41) is 10.2.